The fraction of sp³-hybridized carbons (Fsp3) is 0.917. The normalized spacial score (nSPS) is 12.6. The van der Waals surface area contributed by atoms with Gasteiger partial charge in [0.25, 0.3) is 0 Å². The Bertz CT molecular complexity index is 170. The molecule has 1 atom stereocenters. The molecule has 0 radical (unpaired) electrons. The van der Waals surface area contributed by atoms with Crippen LogP contribution in [0.2, 0.25) is 0 Å². The number of hydrogen-bond acceptors (Lipinski definition) is 3. The van der Waals surface area contributed by atoms with E-state index in [1.807, 2.05) is 13.8 Å². The molecule has 0 aromatic rings. The lowest BCUT2D eigenvalue weighted by molar-refractivity contribution is -0.138. The van der Waals surface area contributed by atoms with E-state index in [2.05, 4.69) is 0 Å². The summed E-state index contributed by atoms with van der Waals surface area (Å²) >= 11 is 0. The molecule has 16 heavy (non-hydrogen) atoms. The van der Waals surface area contributed by atoms with Gasteiger partial charge in [-0.2, -0.15) is 0 Å². The highest BCUT2D eigenvalue weighted by molar-refractivity contribution is 5.66. The summed E-state index contributed by atoms with van der Waals surface area (Å²) in [6, 6.07) is 0. The van der Waals surface area contributed by atoms with Gasteiger partial charge in [-0.15, -0.1) is 0 Å². The Morgan fingerprint density at radius 3 is 2.31 bits per heavy atom. The molecular weight excluding hydrogens is 208 g/mol. The highest BCUT2D eigenvalue weighted by Crippen LogP contribution is 2.16. The van der Waals surface area contributed by atoms with Crippen LogP contribution >= 0.6 is 0 Å². The molecule has 0 rings (SSSR count). The molecule has 0 spiro atoms. The average molecular weight is 232 g/mol. The molecule has 0 saturated carbocycles. The molecule has 0 fully saturated rings. The summed E-state index contributed by atoms with van der Waals surface area (Å²) in [7, 11) is 0. The first-order valence-electron chi connectivity index (χ1n) is 6.07. The fourth-order valence-corrected chi connectivity index (χ4v) is 1.61. The summed E-state index contributed by atoms with van der Waals surface area (Å²) in [6.07, 6.45) is 2.89. The molecule has 4 heteroatoms. The second kappa shape index (κ2) is 10.9. The molecule has 4 nitrogen and oxygen atoms in total. The summed E-state index contributed by atoms with van der Waals surface area (Å²) in [4.78, 5) is 10.7. The maximum absolute atomic E-state index is 10.7. The molecular formula is C12H24O4. The minimum Gasteiger partial charge on any atom is -0.481 e. The van der Waals surface area contributed by atoms with Gasteiger partial charge in [0.1, 0.15) is 0 Å². The van der Waals surface area contributed by atoms with Gasteiger partial charge in [-0.05, 0) is 39.0 Å². The van der Waals surface area contributed by atoms with Gasteiger partial charge in [0.2, 0.25) is 0 Å². The third kappa shape index (κ3) is 9.93. The van der Waals surface area contributed by atoms with Crippen molar-refractivity contribution >= 4 is 5.97 Å². The first-order chi connectivity index (χ1) is 7.70. The first kappa shape index (κ1) is 15.4. The van der Waals surface area contributed by atoms with Crippen molar-refractivity contribution in [1.82, 2.24) is 0 Å². The van der Waals surface area contributed by atoms with Gasteiger partial charge in [-0.25, -0.2) is 0 Å². The van der Waals surface area contributed by atoms with Gasteiger partial charge >= 0.3 is 5.97 Å². The van der Waals surface area contributed by atoms with Crippen molar-refractivity contribution in [3.05, 3.63) is 0 Å². The largest absolute Gasteiger partial charge is 0.481 e. The van der Waals surface area contributed by atoms with Crippen LogP contribution in [0.3, 0.4) is 0 Å². The van der Waals surface area contributed by atoms with E-state index in [1.165, 1.54) is 0 Å². The summed E-state index contributed by atoms with van der Waals surface area (Å²) in [5, 5.41) is 8.77. The minimum atomic E-state index is -0.724. The highest BCUT2D eigenvalue weighted by Gasteiger charge is 2.12. The Morgan fingerprint density at radius 2 is 1.75 bits per heavy atom. The van der Waals surface area contributed by atoms with Crippen molar-refractivity contribution < 1.29 is 19.4 Å². The average Bonchev–Trinajstić information content (AvgIpc) is 2.23. The second-order valence-electron chi connectivity index (χ2n) is 3.79. The van der Waals surface area contributed by atoms with Crippen LogP contribution < -0.4 is 0 Å². The van der Waals surface area contributed by atoms with E-state index in [0.29, 0.717) is 13.2 Å². The van der Waals surface area contributed by atoms with Gasteiger partial charge in [0.15, 0.2) is 0 Å². The van der Waals surface area contributed by atoms with Crippen molar-refractivity contribution in [2.24, 2.45) is 5.92 Å². The molecule has 96 valence electrons. The quantitative estimate of drug-likeness (QED) is 0.555. The second-order valence-corrected chi connectivity index (χ2v) is 3.79. The van der Waals surface area contributed by atoms with Crippen molar-refractivity contribution in [3.8, 4) is 0 Å². The number of ether oxygens (including phenoxy) is 2. The highest BCUT2D eigenvalue weighted by atomic mass is 16.5. The SMILES string of the molecule is CCOCCCC(CCOCC)CC(=O)O. The lowest BCUT2D eigenvalue weighted by Crippen LogP contribution is -2.12. The topological polar surface area (TPSA) is 55.8 Å². The van der Waals surface area contributed by atoms with E-state index in [0.717, 1.165) is 32.5 Å². The summed E-state index contributed by atoms with van der Waals surface area (Å²) < 4.78 is 10.5. The summed E-state index contributed by atoms with van der Waals surface area (Å²) in [6.45, 7) is 6.71. The van der Waals surface area contributed by atoms with E-state index in [-0.39, 0.29) is 12.3 Å². The van der Waals surface area contributed by atoms with Crippen molar-refractivity contribution in [1.29, 1.82) is 0 Å². The monoisotopic (exact) mass is 232 g/mol. The Kier molecular flexibility index (Phi) is 10.5. The van der Waals surface area contributed by atoms with Crippen LogP contribution in [0.5, 0.6) is 0 Å². The number of rotatable bonds is 11. The smallest absolute Gasteiger partial charge is 0.303 e. The molecule has 0 aromatic carbocycles. The fourth-order valence-electron chi connectivity index (χ4n) is 1.61. The predicted octanol–water partition coefficient (Wildman–Crippen LogP) is 2.32. The van der Waals surface area contributed by atoms with Crippen LogP contribution in [0, 0.1) is 5.92 Å². The van der Waals surface area contributed by atoms with E-state index in [4.69, 9.17) is 14.6 Å². The Morgan fingerprint density at radius 1 is 1.12 bits per heavy atom. The van der Waals surface area contributed by atoms with Crippen LogP contribution in [0.25, 0.3) is 0 Å². The van der Waals surface area contributed by atoms with Gasteiger partial charge in [0.05, 0.1) is 0 Å². The minimum absolute atomic E-state index is 0.213. The van der Waals surface area contributed by atoms with Gasteiger partial charge in [0, 0.05) is 32.8 Å². The standard InChI is InChI=1S/C12H24O4/c1-3-15-8-5-6-11(10-12(13)14)7-9-16-4-2/h11H,3-10H2,1-2H3,(H,13,14). The summed E-state index contributed by atoms with van der Waals surface area (Å²) in [5.41, 5.74) is 0. The van der Waals surface area contributed by atoms with Crippen LogP contribution in [0.1, 0.15) is 39.5 Å². The van der Waals surface area contributed by atoms with Crippen LogP contribution in [-0.2, 0) is 14.3 Å². The Balaban J connectivity index is 3.67. The molecule has 1 unspecified atom stereocenters. The molecule has 0 amide bonds. The van der Waals surface area contributed by atoms with E-state index in [9.17, 15) is 4.79 Å². The number of hydrogen-bond donors (Lipinski definition) is 1. The van der Waals surface area contributed by atoms with E-state index < -0.39 is 5.97 Å². The molecule has 0 bridgehead atoms. The zero-order valence-corrected chi connectivity index (χ0v) is 10.4. The first-order valence-corrected chi connectivity index (χ1v) is 6.07. The maximum atomic E-state index is 10.7. The molecule has 0 saturated heterocycles. The van der Waals surface area contributed by atoms with Crippen molar-refractivity contribution in [2.45, 2.75) is 39.5 Å². The van der Waals surface area contributed by atoms with Gasteiger partial charge in [-0.1, -0.05) is 0 Å². The zero-order valence-electron chi connectivity index (χ0n) is 10.4. The number of carboxylic acids is 1. The molecule has 0 aliphatic rings. The Hall–Kier alpha value is -0.610. The van der Waals surface area contributed by atoms with Crippen LogP contribution in [-0.4, -0.2) is 37.5 Å². The van der Waals surface area contributed by atoms with E-state index >= 15 is 0 Å². The van der Waals surface area contributed by atoms with Gasteiger partial charge in [-0.3, -0.25) is 4.79 Å². The lowest BCUT2D eigenvalue weighted by atomic mass is 9.96. The molecule has 1 N–H and O–H groups in total. The Labute approximate surface area is 97.9 Å². The lowest BCUT2D eigenvalue weighted by Gasteiger charge is -2.14. The molecule has 0 aliphatic carbocycles. The number of carboxylic acid groups (broad SMARTS) is 1. The van der Waals surface area contributed by atoms with Gasteiger partial charge < -0.3 is 14.6 Å². The molecule has 0 heterocycles. The molecule has 0 aromatic heterocycles. The zero-order chi connectivity index (χ0) is 12.2. The number of carbonyl (C=O) groups is 1. The number of aliphatic carboxylic acids is 1. The van der Waals surface area contributed by atoms with Crippen molar-refractivity contribution in [3.63, 3.8) is 0 Å². The maximum Gasteiger partial charge on any atom is 0.303 e. The third-order valence-corrected chi connectivity index (χ3v) is 2.44. The third-order valence-electron chi connectivity index (χ3n) is 2.44. The van der Waals surface area contributed by atoms with Crippen LogP contribution in [0.4, 0.5) is 0 Å². The van der Waals surface area contributed by atoms with Crippen molar-refractivity contribution in [2.75, 3.05) is 26.4 Å². The summed E-state index contributed by atoms with van der Waals surface area (Å²) in [5.74, 6) is -0.512. The molecule has 0 aliphatic heterocycles. The van der Waals surface area contributed by atoms with E-state index in [1.54, 1.807) is 0 Å². The van der Waals surface area contributed by atoms with Crippen LogP contribution in [0.15, 0.2) is 0 Å². The predicted molar refractivity (Wildman–Crippen MR) is 62.6 cm³/mol.